The number of esters is 2. The fourth-order valence-electron chi connectivity index (χ4n) is 16.9. The third-order valence-corrected chi connectivity index (χ3v) is 24.0. The van der Waals surface area contributed by atoms with Gasteiger partial charge < -0.3 is 64.7 Å². The summed E-state index contributed by atoms with van der Waals surface area (Å²) < 4.78 is 22.4. The molecule has 4 fully saturated rings. The molecule has 16 rings (SSSR count). The van der Waals surface area contributed by atoms with Gasteiger partial charge in [-0.05, 0) is 144 Å². The molecule has 136 heavy (non-hydrogen) atoms. The second kappa shape index (κ2) is 52.4. The number of halogens is 2. The van der Waals surface area contributed by atoms with Crippen molar-refractivity contribution in [2.75, 3.05) is 66.9 Å². The van der Waals surface area contributed by atoms with E-state index in [4.69, 9.17) is 63.8 Å². The summed E-state index contributed by atoms with van der Waals surface area (Å²) in [5.41, 5.74) is 42.5. The summed E-state index contributed by atoms with van der Waals surface area (Å²) in [5.74, 6) is -0.305. The number of carbonyl (C=O) groups is 6. The molecule has 5 atom stereocenters. The van der Waals surface area contributed by atoms with E-state index in [1.54, 1.807) is 87.2 Å². The quantitative estimate of drug-likeness (QED) is 0.0143. The predicted octanol–water partition coefficient (Wildman–Crippen LogP) is 8.82. The molecular weight excluding hydrogens is 1890 g/mol. The van der Waals surface area contributed by atoms with Gasteiger partial charge in [0.2, 0.25) is 23.8 Å². The molecule has 0 spiro atoms. The van der Waals surface area contributed by atoms with Crippen LogP contribution in [0.15, 0.2) is 98.1 Å². The van der Waals surface area contributed by atoms with Crippen LogP contribution >= 0.6 is 31.9 Å². The molecule has 46 nitrogen and oxygen atoms in total. The van der Waals surface area contributed by atoms with Crippen molar-refractivity contribution in [1.29, 1.82) is 21.0 Å². The van der Waals surface area contributed by atoms with Crippen molar-refractivity contribution in [3.63, 3.8) is 0 Å². The van der Waals surface area contributed by atoms with Crippen LogP contribution in [0.5, 0.6) is 0 Å². The number of anilines is 4. The number of nitriles is 4. The smallest absolute Gasteiger partial charge is 0.373 e. The van der Waals surface area contributed by atoms with Gasteiger partial charge in [0.15, 0.2) is 0 Å². The average molecular weight is 2000 g/mol. The summed E-state index contributed by atoms with van der Waals surface area (Å²) in [6, 6.07) is 22.8. The van der Waals surface area contributed by atoms with Crippen molar-refractivity contribution >= 4 is 126 Å². The van der Waals surface area contributed by atoms with E-state index in [-0.39, 0.29) is 97.1 Å². The molecule has 0 bridgehead atoms. The molecule has 16 N–H and O–H groups in total. The van der Waals surface area contributed by atoms with Crippen LogP contribution in [0.3, 0.4) is 0 Å². The fourth-order valence-corrected chi connectivity index (χ4v) is 17.4. The Morgan fingerprint density at radius 1 is 0.449 bits per heavy atom. The van der Waals surface area contributed by atoms with Gasteiger partial charge in [-0.2, -0.15) is 60.6 Å². The van der Waals surface area contributed by atoms with Crippen molar-refractivity contribution in [2.24, 2.45) is 46.6 Å². The minimum absolute atomic E-state index is 0.0315. The number of nitrogens with zero attached hydrogens (tertiary/aromatic N) is 24. The molecule has 4 saturated carbocycles. The Morgan fingerprint density at radius 2 is 0.728 bits per heavy atom. The minimum Gasteiger partial charge on any atom is -0.466 e. The van der Waals surface area contributed by atoms with Crippen LogP contribution in [0, 0.1) is 69.0 Å². The summed E-state index contributed by atoms with van der Waals surface area (Å²) in [6.45, 7) is 6.89. The van der Waals surface area contributed by atoms with Crippen LogP contribution in [0.25, 0.3) is 67.1 Å². The zero-order chi connectivity index (χ0) is 98.5. The number of fused-ring (bicyclic) bond motifs is 4. The number of alkyl halides is 2. The second-order valence-electron chi connectivity index (χ2n) is 31.5. The summed E-state index contributed by atoms with van der Waals surface area (Å²) in [7, 11) is 0. The summed E-state index contributed by atoms with van der Waals surface area (Å²) in [5, 5.41) is 96.3. The first-order valence-electron chi connectivity index (χ1n) is 43.9. The van der Waals surface area contributed by atoms with Gasteiger partial charge in [-0.25, -0.2) is 38.0 Å². The normalized spacial score (nSPS) is 14.4. The van der Waals surface area contributed by atoms with Gasteiger partial charge in [0.1, 0.15) is 50.4 Å². The van der Waals surface area contributed by atoms with E-state index in [0.29, 0.717) is 137 Å². The topological polar surface area (TPSA) is 697 Å². The summed E-state index contributed by atoms with van der Waals surface area (Å²) in [6.07, 6.45) is 35.7. The monoisotopic (exact) mass is 1990 g/mol. The second-order valence-corrected chi connectivity index (χ2v) is 33.3. The Morgan fingerprint density at radius 3 is 0.978 bits per heavy atom. The van der Waals surface area contributed by atoms with E-state index in [1.165, 1.54) is 69.4 Å². The molecule has 12 heterocycles. The molecule has 0 aliphatic heterocycles. The number of nitrogens with two attached hydrogens (primary N) is 6. The summed E-state index contributed by atoms with van der Waals surface area (Å²) in [4.78, 5) is 118. The molecule has 0 radical (unpaired) electrons. The van der Waals surface area contributed by atoms with E-state index >= 15 is 0 Å². The number of rotatable bonds is 31. The van der Waals surface area contributed by atoms with Crippen LogP contribution in [0.4, 0.5) is 23.8 Å². The number of aliphatic hydroxyl groups is 2. The molecule has 0 aromatic carbocycles. The third-order valence-electron chi connectivity index (χ3n) is 23.0. The Kier molecular flexibility index (Phi) is 40.3. The SMILES string of the molecule is CCNc1nc(-c2cnn(C(CC#N)C3CCCC3)c2)c2ccc(C(N)=O)n2n1.CCOC(=O)C(Br)CO.CCOC(=O)CCBr.N#CCC(C1CCCC1)n1cc(-c2nc(N)nn3c(C(N)=O)ccc23)cn1.N#CCC(C1CCCC1)n1cc(-c2nc(N)nn3c(C(N)=O)ccc23)cn1.N#CCC(C1CCCC1)n1cc(-c2nc(NCCO)nn3c(C(N)=O)ccc23)cn1.O=C=O.O=C=O. The first kappa shape index (κ1) is 105. The van der Waals surface area contributed by atoms with Crippen LogP contribution < -0.4 is 45.0 Å². The van der Waals surface area contributed by atoms with Crippen LogP contribution in [-0.2, 0) is 38.2 Å². The van der Waals surface area contributed by atoms with Gasteiger partial charge in [0.05, 0.1) is 154 Å². The molecule has 0 saturated heterocycles. The lowest BCUT2D eigenvalue weighted by Gasteiger charge is -2.21. The number of ether oxygens (including phenoxy) is 2. The lowest BCUT2D eigenvalue weighted by molar-refractivity contribution is -0.193. The van der Waals surface area contributed by atoms with Crippen LogP contribution in [0.2, 0.25) is 0 Å². The molecule has 5 unspecified atom stereocenters. The molecule has 4 aliphatic rings. The van der Waals surface area contributed by atoms with E-state index in [2.05, 4.69) is 137 Å². The number of primary amides is 4. The highest BCUT2D eigenvalue weighted by atomic mass is 79.9. The van der Waals surface area contributed by atoms with Crippen molar-refractivity contribution in [1.82, 2.24) is 97.5 Å². The Labute approximate surface area is 795 Å². The van der Waals surface area contributed by atoms with Crippen molar-refractivity contribution in [3.8, 4) is 69.3 Å². The number of hydrogen-bond acceptors (Lipinski definition) is 34. The van der Waals surface area contributed by atoms with Gasteiger partial charge in [-0.3, -0.25) is 47.5 Å². The van der Waals surface area contributed by atoms with Crippen molar-refractivity contribution in [3.05, 3.63) is 121 Å². The Bertz CT molecular complexity index is 6120. The molecule has 12 aromatic rings. The number of aromatic nitrogens is 20. The molecule has 4 amide bonds. The van der Waals surface area contributed by atoms with Gasteiger partial charge >= 0.3 is 24.2 Å². The highest BCUT2D eigenvalue weighted by Gasteiger charge is 2.33. The number of hydrogen-bond donors (Lipinski definition) is 10. The van der Waals surface area contributed by atoms with E-state index in [1.807, 2.05) is 50.4 Å². The van der Waals surface area contributed by atoms with Gasteiger partial charge in [-0.1, -0.05) is 83.2 Å². The Hall–Kier alpha value is -15.1. The van der Waals surface area contributed by atoms with Crippen LogP contribution in [0.1, 0.15) is 222 Å². The van der Waals surface area contributed by atoms with E-state index in [0.717, 1.165) is 73.6 Å². The molecule has 716 valence electrons. The highest BCUT2D eigenvalue weighted by molar-refractivity contribution is 9.10. The zero-order valence-corrected chi connectivity index (χ0v) is 78.2. The third kappa shape index (κ3) is 27.1. The van der Waals surface area contributed by atoms with E-state index in [9.17, 15) is 49.8 Å². The lowest BCUT2D eigenvalue weighted by atomic mass is 9.96. The maximum Gasteiger partial charge on any atom is 0.373 e. The molecule has 12 aromatic heterocycles. The lowest BCUT2D eigenvalue weighted by Crippen LogP contribution is -2.20. The maximum atomic E-state index is 11.8. The molecular formula is C88H106Br2N32O14. The first-order chi connectivity index (χ1) is 65.8. The predicted molar refractivity (Wildman–Crippen MR) is 496 cm³/mol. The average Bonchev–Trinajstić information content (AvgIpc) is 1.64. The van der Waals surface area contributed by atoms with Gasteiger partial charge in [0.25, 0.3) is 23.6 Å². The highest BCUT2D eigenvalue weighted by Crippen LogP contribution is 2.42. The first-order valence-corrected chi connectivity index (χ1v) is 46.0. The largest absolute Gasteiger partial charge is 0.466 e. The van der Waals surface area contributed by atoms with Gasteiger partial charge in [-0.15, -0.1) is 20.4 Å². The number of amides is 4. The zero-order valence-electron chi connectivity index (χ0n) is 75.0. The summed E-state index contributed by atoms with van der Waals surface area (Å²) >= 11 is 6.04. The number of nitrogens with one attached hydrogen (secondary N) is 2. The standard InChI is InChI=1S/C20H24N8O2.C20H24N8O.2C18H20N8O.C5H9BrO3.C5H9BrO2.2CO2/c21-8-7-15(13-3-1-2-4-13)27-12-14(11-24-27)18-16-5-6-17(19(22)30)28(16)26-20(25-18)23-9-10-29;1-2-23-20-25-18(16-7-8-17(19(22)29)28(16)26-20)14-11-24-27(12-14)15(9-10-21)13-5-3-4-6-13;2*19-8-7-13(11-3-1-2-4-11)25-10-12(9-22-25)16-14-5-6-15(17(20)27)26(14)24-18(21)23-16;1-2-9-5(8)4(6)3-7;1-2-8-5(7)3-4-6;2*2-1-3/h5-6,11-13,15,29H,1-4,7,9-10H2,(H2,22,30)(H,23,26);7-8,11-13,15H,2-6,9H2,1H3,(H2,22,29)(H,23,26);2*5-6,9-11,13H,1-4,7H2,(H2,20,27)(H2,21,24);4,7H,2-3H2,1H3;2-4H2,1H3;;. The minimum atomic E-state index is -0.598. The molecule has 4 aliphatic carbocycles. The van der Waals surface area contributed by atoms with Gasteiger partial charge in [0, 0.05) is 65.5 Å². The number of nitrogen functional groups attached to an aromatic ring is 2. The molecule has 48 heteroatoms. The van der Waals surface area contributed by atoms with E-state index < -0.39 is 34.4 Å². The van der Waals surface area contributed by atoms with Crippen LogP contribution in [-0.4, -0.2) is 205 Å². The number of aliphatic hydroxyl groups excluding tert-OH is 2. The maximum absolute atomic E-state index is 11.8. The fraction of sp³-hybridized carbons (Fsp3) is 0.455. The van der Waals surface area contributed by atoms with Crippen molar-refractivity contribution in [2.45, 2.75) is 185 Å². The van der Waals surface area contributed by atoms with Crippen molar-refractivity contribution < 1.29 is 67.6 Å². The number of carbonyl (C=O) groups excluding carboxylic acids is 10. The Balaban J connectivity index is 0.000000188.